The van der Waals surface area contributed by atoms with Crippen molar-refractivity contribution >= 4 is 17.6 Å². The van der Waals surface area contributed by atoms with Crippen molar-refractivity contribution < 1.29 is 9.53 Å². The van der Waals surface area contributed by atoms with Crippen LogP contribution in [0, 0.1) is 0 Å². The van der Waals surface area contributed by atoms with Crippen molar-refractivity contribution in [3.8, 4) is 0 Å². The molecule has 0 amide bonds. The molecule has 1 heterocycles. The van der Waals surface area contributed by atoms with Crippen LogP contribution >= 0.6 is 0 Å². The normalized spacial score (nSPS) is 10.5. The van der Waals surface area contributed by atoms with Crippen molar-refractivity contribution in [2.45, 2.75) is 19.8 Å². The Bertz CT molecular complexity index is 1120. The third-order valence-electron chi connectivity index (χ3n) is 4.81. The summed E-state index contributed by atoms with van der Waals surface area (Å²) in [6.07, 6.45) is 1.17. The topological polar surface area (TPSA) is 77.0 Å². The van der Waals surface area contributed by atoms with Crippen molar-refractivity contribution in [3.63, 3.8) is 0 Å². The molecule has 0 unspecified atom stereocenters. The first-order valence-electron chi connectivity index (χ1n) is 10.6. The number of aromatic nitrogens is 3. The number of hydrogen-bond donors (Lipinski definition) is 1. The Hall–Kier alpha value is -4.06. The molecule has 6 nitrogen and oxygen atoms in total. The molecule has 0 atom stereocenters. The second kappa shape index (κ2) is 10.3. The van der Waals surface area contributed by atoms with Crippen LogP contribution in [0.4, 0.5) is 11.6 Å². The molecule has 0 aliphatic heterocycles. The number of esters is 1. The van der Waals surface area contributed by atoms with Crippen LogP contribution in [-0.4, -0.2) is 27.5 Å². The van der Waals surface area contributed by atoms with Crippen molar-refractivity contribution in [1.82, 2.24) is 15.0 Å². The van der Waals surface area contributed by atoms with Crippen molar-refractivity contribution in [1.29, 1.82) is 0 Å². The summed E-state index contributed by atoms with van der Waals surface area (Å²) in [4.78, 5) is 26.3. The lowest BCUT2D eigenvalue weighted by molar-refractivity contribution is 0.0527. The molecular weight excluding hydrogens is 400 g/mol. The van der Waals surface area contributed by atoms with Gasteiger partial charge < -0.3 is 10.1 Å². The summed E-state index contributed by atoms with van der Waals surface area (Å²) in [6.45, 7) is 2.09. The van der Waals surface area contributed by atoms with Gasteiger partial charge in [-0.1, -0.05) is 72.8 Å². The van der Waals surface area contributed by atoms with E-state index in [1.54, 1.807) is 19.1 Å². The van der Waals surface area contributed by atoms with Gasteiger partial charge in [-0.2, -0.15) is 9.97 Å². The van der Waals surface area contributed by atoms with Gasteiger partial charge in [-0.25, -0.2) is 9.78 Å². The van der Waals surface area contributed by atoms with E-state index in [2.05, 4.69) is 15.3 Å². The van der Waals surface area contributed by atoms with E-state index >= 15 is 0 Å². The van der Waals surface area contributed by atoms with Gasteiger partial charge in [-0.05, 0) is 30.2 Å². The van der Waals surface area contributed by atoms with E-state index in [1.807, 2.05) is 72.8 Å². The molecule has 32 heavy (non-hydrogen) atoms. The zero-order valence-electron chi connectivity index (χ0n) is 17.9. The minimum atomic E-state index is -0.390. The molecule has 1 aromatic heterocycles. The van der Waals surface area contributed by atoms with Gasteiger partial charge >= 0.3 is 5.97 Å². The number of hydrogen-bond acceptors (Lipinski definition) is 6. The van der Waals surface area contributed by atoms with Crippen LogP contribution in [0.15, 0.2) is 84.9 Å². The first-order valence-corrected chi connectivity index (χ1v) is 10.6. The number of ether oxygens (including phenoxy) is 1. The van der Waals surface area contributed by atoms with E-state index < -0.39 is 5.97 Å². The summed E-state index contributed by atoms with van der Waals surface area (Å²) < 4.78 is 5.18. The number of nitrogens with one attached hydrogen (secondary N) is 1. The zero-order valence-corrected chi connectivity index (χ0v) is 17.9. The van der Waals surface area contributed by atoms with Crippen LogP contribution in [0.1, 0.15) is 40.1 Å². The summed E-state index contributed by atoms with van der Waals surface area (Å²) in [6, 6.07) is 27.3. The molecule has 6 heteroatoms. The Morgan fingerprint density at radius 2 is 1.28 bits per heavy atom. The molecule has 0 saturated heterocycles. The minimum absolute atomic E-state index is 0.307. The zero-order chi connectivity index (χ0) is 22.2. The Balaban J connectivity index is 1.67. The van der Waals surface area contributed by atoms with Gasteiger partial charge in [0.25, 0.3) is 0 Å². The van der Waals surface area contributed by atoms with Crippen LogP contribution in [-0.2, 0) is 17.6 Å². The van der Waals surface area contributed by atoms with E-state index in [0.29, 0.717) is 48.3 Å². The third kappa shape index (κ3) is 5.55. The second-order valence-electron chi connectivity index (χ2n) is 7.21. The van der Waals surface area contributed by atoms with E-state index in [1.165, 1.54) is 0 Å². The van der Waals surface area contributed by atoms with Gasteiger partial charge in [0.1, 0.15) is 11.6 Å². The molecule has 3 aromatic carbocycles. The molecule has 0 bridgehead atoms. The van der Waals surface area contributed by atoms with E-state index in [9.17, 15) is 4.79 Å². The maximum absolute atomic E-state index is 12.4. The standard InChI is InChI=1S/C26H24N4O2/c1-2-32-25(31)21-15-9-10-16-22(21)27-26-29-23(17-19-11-5-3-6-12-19)28-24(30-26)18-20-13-7-4-8-14-20/h3-16H,2,17-18H2,1H3,(H,27,28,29,30). The fourth-order valence-corrected chi connectivity index (χ4v) is 3.34. The van der Waals surface area contributed by atoms with Gasteiger partial charge in [-0.3, -0.25) is 0 Å². The number of anilines is 2. The fourth-order valence-electron chi connectivity index (χ4n) is 3.34. The maximum Gasteiger partial charge on any atom is 0.340 e. The highest BCUT2D eigenvalue weighted by Crippen LogP contribution is 2.21. The number of carbonyl (C=O) groups is 1. The lowest BCUT2D eigenvalue weighted by atomic mass is 10.1. The molecule has 0 aliphatic carbocycles. The average Bonchev–Trinajstić information content (AvgIpc) is 2.81. The van der Waals surface area contributed by atoms with E-state index in [0.717, 1.165) is 11.1 Å². The SMILES string of the molecule is CCOC(=O)c1ccccc1Nc1nc(Cc2ccccc2)nc(Cc2ccccc2)n1. The molecule has 4 aromatic rings. The van der Waals surface area contributed by atoms with E-state index in [4.69, 9.17) is 9.72 Å². The molecule has 160 valence electrons. The van der Waals surface area contributed by atoms with Gasteiger partial charge in [0.15, 0.2) is 0 Å². The third-order valence-corrected chi connectivity index (χ3v) is 4.81. The Morgan fingerprint density at radius 3 is 1.84 bits per heavy atom. The number of benzene rings is 3. The minimum Gasteiger partial charge on any atom is -0.462 e. The van der Waals surface area contributed by atoms with Crippen LogP contribution in [0.25, 0.3) is 0 Å². The van der Waals surface area contributed by atoms with Crippen molar-refractivity contribution in [3.05, 3.63) is 113 Å². The Labute approximate surface area is 187 Å². The maximum atomic E-state index is 12.4. The number of carbonyl (C=O) groups excluding carboxylic acids is 1. The molecule has 0 fully saturated rings. The summed E-state index contributed by atoms with van der Waals surface area (Å²) in [5.74, 6) is 1.33. The predicted molar refractivity (Wildman–Crippen MR) is 124 cm³/mol. The largest absolute Gasteiger partial charge is 0.462 e. The number of rotatable bonds is 8. The smallest absolute Gasteiger partial charge is 0.340 e. The van der Waals surface area contributed by atoms with Gasteiger partial charge in [-0.15, -0.1) is 0 Å². The first-order chi connectivity index (χ1) is 15.7. The molecule has 0 radical (unpaired) electrons. The first kappa shape index (κ1) is 21.2. The highest BCUT2D eigenvalue weighted by Gasteiger charge is 2.14. The average molecular weight is 425 g/mol. The number of nitrogens with zero attached hydrogens (tertiary/aromatic N) is 3. The Kier molecular flexibility index (Phi) is 6.82. The van der Waals surface area contributed by atoms with Crippen LogP contribution < -0.4 is 5.32 Å². The molecule has 1 N–H and O–H groups in total. The van der Waals surface area contributed by atoms with Crippen molar-refractivity contribution in [2.75, 3.05) is 11.9 Å². The van der Waals surface area contributed by atoms with Gasteiger partial charge in [0.2, 0.25) is 5.95 Å². The molecule has 4 rings (SSSR count). The molecular formula is C26H24N4O2. The quantitative estimate of drug-likeness (QED) is 0.402. The van der Waals surface area contributed by atoms with Gasteiger partial charge in [0.05, 0.1) is 17.9 Å². The second-order valence-corrected chi connectivity index (χ2v) is 7.21. The molecule has 0 aliphatic rings. The monoisotopic (exact) mass is 424 g/mol. The van der Waals surface area contributed by atoms with Crippen molar-refractivity contribution in [2.24, 2.45) is 0 Å². The summed E-state index contributed by atoms with van der Waals surface area (Å²) in [5, 5.41) is 3.20. The predicted octanol–water partition coefficient (Wildman–Crippen LogP) is 4.97. The molecule has 0 spiro atoms. The summed E-state index contributed by atoms with van der Waals surface area (Å²) in [5.41, 5.74) is 3.25. The highest BCUT2D eigenvalue weighted by atomic mass is 16.5. The van der Waals surface area contributed by atoms with Crippen LogP contribution in [0.2, 0.25) is 0 Å². The summed E-state index contributed by atoms with van der Waals surface area (Å²) >= 11 is 0. The van der Waals surface area contributed by atoms with Crippen LogP contribution in [0.5, 0.6) is 0 Å². The van der Waals surface area contributed by atoms with E-state index in [-0.39, 0.29) is 0 Å². The highest BCUT2D eigenvalue weighted by molar-refractivity contribution is 5.96. The number of para-hydroxylation sites is 1. The lowest BCUT2D eigenvalue weighted by Gasteiger charge is -2.12. The Morgan fingerprint density at radius 1 is 0.750 bits per heavy atom. The lowest BCUT2D eigenvalue weighted by Crippen LogP contribution is -2.11. The fraction of sp³-hybridized carbons (Fsp3) is 0.154. The van der Waals surface area contributed by atoms with Gasteiger partial charge in [0, 0.05) is 12.8 Å². The van der Waals surface area contributed by atoms with Crippen LogP contribution in [0.3, 0.4) is 0 Å². The summed E-state index contributed by atoms with van der Waals surface area (Å²) in [7, 11) is 0. The molecule has 0 saturated carbocycles.